The molecule has 2 aromatic rings. The lowest BCUT2D eigenvalue weighted by molar-refractivity contribution is 0.418. The van der Waals surface area contributed by atoms with Crippen LogP contribution >= 0.6 is 0 Å². The summed E-state index contributed by atoms with van der Waals surface area (Å²) in [6.45, 7) is 2.70. The zero-order chi connectivity index (χ0) is 12.3. The van der Waals surface area contributed by atoms with Crippen LogP contribution in [0.25, 0.3) is 11.6 Å². The van der Waals surface area contributed by atoms with E-state index in [4.69, 9.17) is 10.3 Å². The van der Waals surface area contributed by atoms with Crippen molar-refractivity contribution in [3.63, 3.8) is 0 Å². The van der Waals surface area contributed by atoms with Crippen molar-refractivity contribution >= 4 is 0 Å². The second kappa shape index (κ2) is 5.09. The molecule has 0 aliphatic rings. The summed E-state index contributed by atoms with van der Waals surface area (Å²) >= 11 is 0. The van der Waals surface area contributed by atoms with Crippen LogP contribution in [0, 0.1) is 0 Å². The number of hydrogen-bond donors (Lipinski definition) is 1. The van der Waals surface area contributed by atoms with Gasteiger partial charge >= 0.3 is 0 Å². The van der Waals surface area contributed by atoms with Gasteiger partial charge < -0.3 is 10.3 Å². The molecule has 0 spiro atoms. The lowest BCUT2D eigenvalue weighted by Crippen LogP contribution is -2.01. The third kappa shape index (κ3) is 2.52. The highest BCUT2D eigenvalue weighted by Gasteiger charge is 2.13. The van der Waals surface area contributed by atoms with E-state index in [9.17, 15) is 0 Å². The molecule has 2 aromatic heterocycles. The molecule has 0 aliphatic heterocycles. The highest BCUT2D eigenvalue weighted by atomic mass is 16.5. The Morgan fingerprint density at radius 1 is 1.47 bits per heavy atom. The van der Waals surface area contributed by atoms with Gasteiger partial charge in [-0.3, -0.25) is 4.68 Å². The molecule has 0 unspecified atom stereocenters. The minimum Gasteiger partial charge on any atom is -0.332 e. The fourth-order valence-corrected chi connectivity index (χ4v) is 1.62. The first-order valence-electron chi connectivity index (χ1n) is 5.80. The lowest BCUT2D eigenvalue weighted by Gasteiger charge is -1.92. The predicted molar refractivity (Wildman–Crippen MR) is 63.3 cm³/mol. The molecule has 0 bridgehead atoms. The van der Waals surface area contributed by atoms with E-state index < -0.39 is 0 Å². The van der Waals surface area contributed by atoms with Crippen LogP contribution in [0.5, 0.6) is 0 Å². The molecule has 2 rings (SSSR count). The van der Waals surface area contributed by atoms with Crippen LogP contribution in [-0.2, 0) is 19.9 Å². The average Bonchev–Trinajstić information content (AvgIpc) is 2.92. The highest BCUT2D eigenvalue weighted by Crippen LogP contribution is 2.18. The van der Waals surface area contributed by atoms with Crippen molar-refractivity contribution in [2.24, 2.45) is 12.8 Å². The zero-order valence-electron chi connectivity index (χ0n) is 10.2. The first-order valence-corrected chi connectivity index (χ1v) is 5.80. The Hall–Kier alpha value is -1.69. The third-order valence-electron chi connectivity index (χ3n) is 2.58. The predicted octanol–water partition coefficient (Wildman–Crippen LogP) is 0.924. The van der Waals surface area contributed by atoms with E-state index in [0.717, 1.165) is 30.7 Å². The summed E-state index contributed by atoms with van der Waals surface area (Å²) in [5.74, 6) is 1.22. The van der Waals surface area contributed by atoms with Gasteiger partial charge in [-0.1, -0.05) is 12.1 Å². The molecule has 0 saturated carbocycles. The fourth-order valence-electron chi connectivity index (χ4n) is 1.62. The molecule has 2 N–H and O–H groups in total. The van der Waals surface area contributed by atoms with Crippen LogP contribution < -0.4 is 5.73 Å². The number of hydrogen-bond acceptors (Lipinski definition) is 5. The Kier molecular flexibility index (Phi) is 3.53. The van der Waals surface area contributed by atoms with Gasteiger partial charge in [-0.05, 0) is 25.5 Å². The van der Waals surface area contributed by atoms with Crippen molar-refractivity contribution in [2.45, 2.75) is 26.2 Å². The Labute approximate surface area is 99.8 Å². The Balaban J connectivity index is 2.20. The van der Waals surface area contributed by atoms with Gasteiger partial charge in [0.25, 0.3) is 5.89 Å². The Bertz CT molecular complexity index is 488. The highest BCUT2D eigenvalue weighted by molar-refractivity contribution is 5.47. The Morgan fingerprint density at radius 2 is 2.29 bits per heavy atom. The van der Waals surface area contributed by atoms with Crippen molar-refractivity contribution in [2.75, 3.05) is 6.54 Å². The maximum Gasteiger partial charge on any atom is 0.276 e. The van der Waals surface area contributed by atoms with Gasteiger partial charge in [-0.15, -0.1) is 0 Å². The number of rotatable bonds is 5. The number of aromatic nitrogens is 4. The zero-order valence-corrected chi connectivity index (χ0v) is 10.2. The van der Waals surface area contributed by atoms with Gasteiger partial charge in [-0.2, -0.15) is 10.1 Å². The molecule has 0 atom stereocenters. The van der Waals surface area contributed by atoms with Gasteiger partial charge in [0.1, 0.15) is 5.69 Å². The first kappa shape index (κ1) is 11.8. The van der Waals surface area contributed by atoms with Crippen LogP contribution in [0.3, 0.4) is 0 Å². The van der Waals surface area contributed by atoms with Crippen molar-refractivity contribution in [3.05, 3.63) is 17.6 Å². The van der Waals surface area contributed by atoms with Gasteiger partial charge in [0.05, 0.1) is 5.69 Å². The minimum atomic E-state index is 0.520. The van der Waals surface area contributed by atoms with E-state index in [0.29, 0.717) is 18.3 Å². The number of nitrogens with two attached hydrogens (primary N) is 1. The van der Waals surface area contributed by atoms with Gasteiger partial charge in [-0.25, -0.2) is 0 Å². The summed E-state index contributed by atoms with van der Waals surface area (Å²) in [5, 5.41) is 8.27. The number of aryl methyl sites for hydroxylation is 3. The fraction of sp³-hybridized carbons (Fsp3) is 0.545. The van der Waals surface area contributed by atoms with Crippen LogP contribution in [0.2, 0.25) is 0 Å². The second-order valence-electron chi connectivity index (χ2n) is 3.91. The van der Waals surface area contributed by atoms with Crippen molar-refractivity contribution in [3.8, 4) is 11.6 Å². The van der Waals surface area contributed by atoms with E-state index in [2.05, 4.69) is 22.2 Å². The summed E-state index contributed by atoms with van der Waals surface area (Å²) < 4.78 is 6.99. The summed E-state index contributed by atoms with van der Waals surface area (Å²) in [5.41, 5.74) is 7.31. The summed E-state index contributed by atoms with van der Waals surface area (Å²) in [4.78, 5) is 4.33. The molecular weight excluding hydrogens is 218 g/mol. The van der Waals surface area contributed by atoms with E-state index in [1.54, 1.807) is 4.68 Å². The molecule has 6 heteroatoms. The standard InChI is InChI=1S/C11H17N5O/c1-3-8-7-9(16(2)14-8)11-13-10(15-17-11)5-4-6-12/h7H,3-6,12H2,1-2H3. The van der Waals surface area contributed by atoms with Crippen LogP contribution in [-0.4, -0.2) is 26.5 Å². The van der Waals surface area contributed by atoms with E-state index in [1.807, 2.05) is 13.1 Å². The topological polar surface area (TPSA) is 82.8 Å². The van der Waals surface area contributed by atoms with Gasteiger partial charge in [0.2, 0.25) is 0 Å². The molecule has 0 saturated heterocycles. The van der Waals surface area contributed by atoms with Gasteiger partial charge in [0.15, 0.2) is 5.82 Å². The molecule has 0 aliphatic carbocycles. The van der Waals surface area contributed by atoms with Crippen molar-refractivity contribution in [1.29, 1.82) is 0 Å². The summed E-state index contributed by atoms with van der Waals surface area (Å²) in [6, 6.07) is 1.97. The monoisotopic (exact) mass is 235 g/mol. The van der Waals surface area contributed by atoms with E-state index >= 15 is 0 Å². The summed E-state index contributed by atoms with van der Waals surface area (Å²) in [7, 11) is 1.87. The number of nitrogens with zero attached hydrogens (tertiary/aromatic N) is 4. The molecule has 0 fully saturated rings. The van der Waals surface area contributed by atoms with E-state index in [-0.39, 0.29) is 0 Å². The van der Waals surface area contributed by atoms with Gasteiger partial charge in [0, 0.05) is 13.5 Å². The molecule has 17 heavy (non-hydrogen) atoms. The summed E-state index contributed by atoms with van der Waals surface area (Å²) in [6.07, 6.45) is 2.51. The van der Waals surface area contributed by atoms with Crippen molar-refractivity contribution < 1.29 is 4.52 Å². The maximum absolute atomic E-state index is 5.44. The molecule has 0 aromatic carbocycles. The van der Waals surface area contributed by atoms with Crippen LogP contribution in [0.4, 0.5) is 0 Å². The van der Waals surface area contributed by atoms with Crippen LogP contribution in [0.15, 0.2) is 10.6 Å². The van der Waals surface area contributed by atoms with E-state index in [1.165, 1.54) is 0 Å². The largest absolute Gasteiger partial charge is 0.332 e. The lowest BCUT2D eigenvalue weighted by atomic mass is 10.3. The minimum absolute atomic E-state index is 0.520. The molecule has 2 heterocycles. The molecular formula is C11H17N5O. The molecule has 0 amide bonds. The quantitative estimate of drug-likeness (QED) is 0.833. The molecule has 92 valence electrons. The molecule has 0 radical (unpaired) electrons. The average molecular weight is 235 g/mol. The molecule has 6 nitrogen and oxygen atoms in total. The van der Waals surface area contributed by atoms with Crippen LogP contribution in [0.1, 0.15) is 24.9 Å². The van der Waals surface area contributed by atoms with Crippen molar-refractivity contribution in [1.82, 2.24) is 19.9 Å². The normalized spacial score (nSPS) is 11.0. The third-order valence-corrected chi connectivity index (χ3v) is 2.58. The second-order valence-corrected chi connectivity index (χ2v) is 3.91. The first-order chi connectivity index (χ1) is 8.24. The smallest absolute Gasteiger partial charge is 0.276 e. The Morgan fingerprint density at radius 3 is 2.94 bits per heavy atom. The SMILES string of the molecule is CCc1cc(-c2nc(CCCN)no2)n(C)n1. The maximum atomic E-state index is 5.44.